The van der Waals surface area contributed by atoms with Gasteiger partial charge in [0.1, 0.15) is 84.8 Å². The van der Waals surface area contributed by atoms with E-state index in [0.717, 1.165) is 14.7 Å². The zero-order valence-electron chi connectivity index (χ0n) is 76.5. The number of hydrogen-bond donors (Lipinski definition) is 17. The zero-order chi connectivity index (χ0) is 96.5. The molecule has 0 bridgehead atoms. The van der Waals surface area contributed by atoms with Gasteiger partial charge in [0.05, 0.1) is 25.1 Å². The van der Waals surface area contributed by atoms with E-state index in [4.69, 9.17) is 22.9 Å². The van der Waals surface area contributed by atoms with Crippen LogP contribution < -0.4 is 70.8 Å². The van der Waals surface area contributed by atoms with Crippen molar-refractivity contribution in [1.29, 1.82) is 0 Å². The van der Waals surface area contributed by atoms with Gasteiger partial charge in [-0.1, -0.05) is 116 Å². The van der Waals surface area contributed by atoms with E-state index in [1.165, 1.54) is 58.9 Å². The lowest BCUT2D eigenvalue weighted by molar-refractivity contribution is -0.149. The predicted octanol–water partition coefficient (Wildman–Crippen LogP) is -0.874. The Kier molecular flexibility index (Phi) is 38.1. The summed E-state index contributed by atoms with van der Waals surface area (Å²) >= 11 is 0. The molecule has 720 valence electrons. The van der Waals surface area contributed by atoms with E-state index >= 15 is 38.4 Å². The van der Waals surface area contributed by atoms with Crippen molar-refractivity contribution >= 4 is 122 Å². The first-order valence-corrected chi connectivity index (χ1v) is 45.7. The second-order valence-electron chi connectivity index (χ2n) is 35.9. The predicted molar refractivity (Wildman–Crippen MR) is 486 cm³/mol. The van der Waals surface area contributed by atoms with Gasteiger partial charge >= 0.3 is 5.97 Å². The second-order valence-corrected chi connectivity index (χ2v) is 35.9. The number of piperidine rings is 1. The number of phenolic OH excluding ortho intramolecular Hbond substituents is 1. The molecular weight excluding hydrogens is 1710 g/mol. The zero-order valence-corrected chi connectivity index (χ0v) is 76.5. The third-order valence-electron chi connectivity index (χ3n) is 24.9. The van der Waals surface area contributed by atoms with Crippen LogP contribution in [0.15, 0.2) is 85.2 Å². The highest BCUT2D eigenvalue weighted by molar-refractivity contribution is 6.02. The summed E-state index contributed by atoms with van der Waals surface area (Å²) in [6, 6.07) is 0.540. The smallest absolute Gasteiger partial charge is 0.323 e. The number of rotatable bonds is 24. The number of phenols is 1. The summed E-state index contributed by atoms with van der Waals surface area (Å²) in [5.74, 6) is -17.3. The van der Waals surface area contributed by atoms with Crippen LogP contribution in [0.2, 0.25) is 0 Å². The Morgan fingerprint density at radius 1 is 0.530 bits per heavy atom. The number of ketones is 1. The molecule has 4 saturated heterocycles. The number of para-hydroxylation sites is 2. The number of aliphatic hydroxyl groups is 1. The molecule has 15 amide bonds. The van der Waals surface area contributed by atoms with Crippen LogP contribution in [-0.4, -0.2) is 294 Å². The van der Waals surface area contributed by atoms with Crippen molar-refractivity contribution in [2.75, 3.05) is 59.9 Å². The lowest BCUT2D eigenvalue weighted by Crippen LogP contribution is -2.62. The number of Topliss-reactive ketones (excluding diaryl/α,β-unsaturated/α-hetero) is 1. The Morgan fingerprint density at radius 3 is 1.72 bits per heavy atom. The summed E-state index contributed by atoms with van der Waals surface area (Å²) in [7, 11) is 2.74. The molecule has 3 aromatic carbocycles. The Hall–Kier alpha value is -12.4. The van der Waals surface area contributed by atoms with Crippen LogP contribution in [0, 0.1) is 17.8 Å². The SMILES string of the molecule is CCCC[C@H]1C(=O)N(C)[C@@H](CCCC)C(=O)N[C@@H](CC(C)C)C(=O)N[C@H](C(N)=O)CNCC(=O)N[C@@H](Cc2ccc(O)cc2)C(=O)N2CCCC[C@H]2C(=O)N[C@@H](CC(N)=O)C(=O)N2CCC[C@H]2C(=O)N[C@@H](CN)C(=O)N[C@@H](CC(C)C)C(=O)N2C[C@H](O)C[C@H]2C(=O)C[C@@H](Cc2c[nH]c3ccccc23)C(=O)N[C@@H](CCN)C(=O)N[C@@H](Cc2cn(CC(=O)O)c3ccccc23)C(=O)N1C. The van der Waals surface area contributed by atoms with Gasteiger partial charge in [-0.05, 0) is 130 Å². The summed E-state index contributed by atoms with van der Waals surface area (Å²) < 4.78 is 1.46. The third kappa shape index (κ3) is 27.6. The van der Waals surface area contributed by atoms with Crippen molar-refractivity contribution in [2.45, 2.75) is 261 Å². The maximum atomic E-state index is 15.9. The Balaban J connectivity index is 1.09. The Labute approximate surface area is 766 Å². The number of nitrogens with zero attached hydrogens (tertiary/aromatic N) is 6. The van der Waals surface area contributed by atoms with Crippen LogP contribution in [0.1, 0.15) is 167 Å². The number of aromatic nitrogens is 2. The Bertz CT molecular complexity index is 4960. The molecule has 2 aromatic heterocycles. The van der Waals surface area contributed by atoms with Crippen molar-refractivity contribution in [3.05, 3.63) is 102 Å². The highest BCUT2D eigenvalue weighted by atomic mass is 16.4. The normalized spacial score (nSPS) is 25.8. The van der Waals surface area contributed by atoms with Gasteiger partial charge < -0.3 is 120 Å². The molecule has 21 N–H and O–H groups in total. The van der Waals surface area contributed by atoms with Crippen molar-refractivity contribution in [3.8, 4) is 5.75 Å². The first-order valence-electron chi connectivity index (χ1n) is 45.7. The van der Waals surface area contributed by atoms with Crippen LogP contribution >= 0.6 is 0 Å². The highest BCUT2D eigenvalue weighted by Crippen LogP contribution is 2.31. The quantitative estimate of drug-likeness (QED) is 0.0357. The number of amides is 15. The topological polar surface area (TPSA) is 600 Å². The number of carboxylic acids is 1. The molecule has 0 spiro atoms. The van der Waals surface area contributed by atoms with Gasteiger partial charge in [-0.3, -0.25) is 81.5 Å². The minimum absolute atomic E-state index is 0.00847. The van der Waals surface area contributed by atoms with Crippen molar-refractivity contribution in [1.82, 2.24) is 81.9 Å². The number of benzene rings is 3. The number of unbranched alkanes of at least 4 members (excludes halogenated alkanes) is 2. The van der Waals surface area contributed by atoms with Crippen molar-refractivity contribution in [2.24, 2.45) is 40.7 Å². The number of H-pyrrole nitrogens is 1. The number of nitrogens with one attached hydrogen (secondary N) is 10. The molecular formula is C92H132N20O20. The van der Waals surface area contributed by atoms with E-state index < -0.39 is 236 Å². The van der Waals surface area contributed by atoms with E-state index in [1.54, 1.807) is 82.4 Å². The third-order valence-corrected chi connectivity index (χ3v) is 24.9. The molecule has 40 heteroatoms. The largest absolute Gasteiger partial charge is 0.508 e. The number of aliphatic carboxylic acids is 1. The van der Waals surface area contributed by atoms with E-state index in [-0.39, 0.29) is 114 Å². The fourth-order valence-corrected chi connectivity index (χ4v) is 17.9. The monoisotopic (exact) mass is 1840 g/mol. The second kappa shape index (κ2) is 48.6. The average molecular weight is 1840 g/mol. The number of carbonyl (C=O) groups is 17. The maximum absolute atomic E-state index is 15.9. The summed E-state index contributed by atoms with van der Waals surface area (Å²) in [5, 5.41) is 57.5. The summed E-state index contributed by atoms with van der Waals surface area (Å²) in [6.07, 6.45) is 1.91. The lowest BCUT2D eigenvalue weighted by atomic mass is 9.90. The molecule has 0 saturated carbocycles. The van der Waals surface area contributed by atoms with Crippen LogP contribution in [0.5, 0.6) is 5.75 Å². The van der Waals surface area contributed by atoms with Crippen molar-refractivity contribution < 1.29 is 96.8 Å². The number of fused-ring (bicyclic) bond motifs is 5. The van der Waals surface area contributed by atoms with E-state index in [1.807, 2.05) is 13.8 Å². The van der Waals surface area contributed by atoms with Crippen LogP contribution in [0.4, 0.5) is 0 Å². The maximum Gasteiger partial charge on any atom is 0.323 e. The fourth-order valence-electron chi connectivity index (χ4n) is 17.9. The van der Waals surface area contributed by atoms with Gasteiger partial charge in [-0.25, -0.2) is 0 Å². The number of carbonyl (C=O) groups excluding carboxylic acids is 16. The van der Waals surface area contributed by atoms with Gasteiger partial charge in [-0.2, -0.15) is 0 Å². The highest BCUT2D eigenvalue weighted by Gasteiger charge is 2.47. The number of carboxylic acid groups (broad SMARTS) is 1. The molecule has 4 fully saturated rings. The molecule has 0 aliphatic carbocycles. The average Bonchev–Trinajstić information content (AvgIpc) is 1.63. The summed E-state index contributed by atoms with van der Waals surface area (Å²) in [6.45, 7) is 7.82. The van der Waals surface area contributed by atoms with Crippen LogP contribution in [0.3, 0.4) is 0 Å². The van der Waals surface area contributed by atoms with Gasteiger partial charge in [0.2, 0.25) is 88.6 Å². The summed E-state index contributed by atoms with van der Waals surface area (Å²) in [4.78, 5) is 259. The van der Waals surface area contributed by atoms with Crippen LogP contribution in [0.25, 0.3) is 21.8 Å². The number of hydrogen-bond acceptors (Lipinski definition) is 22. The lowest BCUT2D eigenvalue weighted by Gasteiger charge is -2.38. The molecule has 0 radical (unpaired) electrons. The standard InChI is InChI=1S/C92H132N20O20/c1-9-11-23-71-85(125)101-63(36-51(3)4)83(123)106-69(80(96)120)46-97-47-78(117)99-65(38-53-28-30-57(113)31-29-53)89(129)110-34-18-17-26-72(110)86(126)104-67(43-77(95)116)90(130)111-35-19-27-73(111)87(127)105-68(44-94)84(124)102-64(37-52(5)6)91(131)112-49-58(114)42-75(112)76(115)41-54(39-55-45-98-61-22-15-13-20-59(55)61)81(121)100-62(32-33-93)82(122)103-66(88(128)108(8)74(24-12-10-2)92(132)107(71)7)40-56-48-109(50-79(118)119)70-25-16-14-21-60(56)70/h13-16,20-22,25,28-31,45,48,51-52,54,58,62-69,71-75,97-98,113-114H,9-12,17-19,23-24,26-27,32-44,46-47,49-50,93-94H2,1-8H3,(H2,95,116)(H2,96,120)(H,99,117)(H,100,121)(H,101,125)(H,102,124)(H,103,122)(H,104,126)(H,105,127)(H,106,123)(H,118,119)/t54-,58-,62+,63+,64+,65+,66+,67+,68+,69+,71+,72+,73+,74+,75+/m1/s1. The molecule has 132 heavy (non-hydrogen) atoms. The van der Waals surface area contributed by atoms with E-state index in [0.29, 0.717) is 77.0 Å². The molecule has 4 aliphatic heterocycles. The number of aromatic amines is 1. The van der Waals surface area contributed by atoms with Gasteiger partial charge in [0.15, 0.2) is 5.78 Å². The van der Waals surface area contributed by atoms with Gasteiger partial charge in [0.25, 0.3) is 0 Å². The first kappa shape index (κ1) is 103. The molecule has 40 nitrogen and oxygen atoms in total. The first-order chi connectivity index (χ1) is 62.8. The fraction of sp³-hybridized carbons (Fsp3) is 0.576. The molecule has 15 atom stereocenters. The molecule has 5 aromatic rings. The number of aliphatic hydroxyl groups excluding tert-OH is 1. The minimum atomic E-state index is -1.72. The van der Waals surface area contributed by atoms with Gasteiger partial charge in [-0.15, -0.1) is 0 Å². The van der Waals surface area contributed by atoms with Crippen LogP contribution in [-0.2, 0) is 107 Å². The summed E-state index contributed by atoms with van der Waals surface area (Å²) in [5.41, 5.74) is 26.7. The minimum Gasteiger partial charge on any atom is -0.508 e. The molecule has 4 aliphatic rings. The van der Waals surface area contributed by atoms with E-state index in [2.05, 4.69) is 52.8 Å². The molecule has 6 heterocycles. The number of nitrogens with two attached hydrogens (primary N) is 4. The number of likely N-dealkylation sites (N-methyl/N-ethyl adjacent to an activating group) is 2. The van der Waals surface area contributed by atoms with Crippen molar-refractivity contribution in [3.63, 3.8) is 0 Å². The number of aromatic hydroxyl groups is 1. The molecule has 9 rings (SSSR count). The number of primary amides is 2. The molecule has 0 unspecified atom stereocenters. The van der Waals surface area contributed by atoms with E-state index in [9.17, 15) is 58.5 Å². The Morgan fingerprint density at radius 2 is 1.08 bits per heavy atom. The van der Waals surface area contributed by atoms with Gasteiger partial charge in [0, 0.05) is 113 Å².